The van der Waals surface area contributed by atoms with Crippen LogP contribution in [0.4, 0.5) is 5.69 Å². The van der Waals surface area contributed by atoms with E-state index in [1.807, 2.05) is 62.4 Å². The second kappa shape index (κ2) is 14.8. The van der Waals surface area contributed by atoms with Crippen LogP contribution in [0.2, 0.25) is 0 Å². The molecule has 256 valence electrons. The summed E-state index contributed by atoms with van der Waals surface area (Å²) in [6.07, 6.45) is 3.54. The van der Waals surface area contributed by atoms with Crippen molar-refractivity contribution in [1.29, 1.82) is 0 Å². The van der Waals surface area contributed by atoms with Crippen molar-refractivity contribution in [2.75, 3.05) is 24.7 Å². The molecule has 3 aliphatic heterocycles. The average molecular weight is 723 g/mol. The lowest BCUT2D eigenvalue weighted by atomic mass is 9.70. The first kappa shape index (κ1) is 35.5. The minimum Gasteiger partial charge on any atom is -0.463 e. The van der Waals surface area contributed by atoms with Gasteiger partial charge in [-0.05, 0) is 50.3 Å². The molecule has 5 rings (SSSR count). The number of hydrogen-bond donors (Lipinski definition) is 2. The number of aryl methyl sites for hydroxylation is 2. The number of alkyl halides is 1. The molecule has 2 aromatic rings. The molecule has 0 radical (unpaired) electrons. The van der Waals surface area contributed by atoms with Crippen LogP contribution in [0.3, 0.4) is 0 Å². The largest absolute Gasteiger partial charge is 0.463 e. The lowest BCUT2D eigenvalue weighted by Gasteiger charge is -2.39. The minimum absolute atomic E-state index is 0.105. The number of allylic oxidation sites excluding steroid dienone is 1. The maximum Gasteiger partial charge on any atom is 0.306 e. The summed E-state index contributed by atoms with van der Waals surface area (Å²) in [4.78, 5) is 58.8. The van der Waals surface area contributed by atoms with Gasteiger partial charge in [-0.1, -0.05) is 76.6 Å². The number of hydrogen-bond acceptors (Lipinski definition) is 7. The number of nitrogens with one attached hydrogen (secondary N) is 1. The maximum atomic E-state index is 14.9. The summed E-state index contributed by atoms with van der Waals surface area (Å²) in [5.74, 6) is -3.56. The van der Waals surface area contributed by atoms with E-state index in [1.54, 1.807) is 24.0 Å². The molecule has 3 aliphatic rings. The Balaban J connectivity index is 1.51. The molecular formula is C37H44BrN3O7. The van der Waals surface area contributed by atoms with Crippen LogP contribution in [0, 0.1) is 25.7 Å². The van der Waals surface area contributed by atoms with Gasteiger partial charge in [-0.3, -0.25) is 19.2 Å². The lowest BCUT2D eigenvalue weighted by molar-refractivity contribution is -0.146. The summed E-state index contributed by atoms with van der Waals surface area (Å²) in [5, 5.41) is 13.4. The molecule has 1 unspecified atom stereocenters. The van der Waals surface area contributed by atoms with Crippen molar-refractivity contribution in [1.82, 2.24) is 10.2 Å². The first-order chi connectivity index (χ1) is 23.0. The highest BCUT2D eigenvalue weighted by Crippen LogP contribution is 2.60. The molecular weight excluding hydrogens is 678 g/mol. The number of nitrogens with zero attached hydrogens (tertiary/aromatic N) is 2. The van der Waals surface area contributed by atoms with Gasteiger partial charge in [0.05, 0.1) is 36.6 Å². The molecule has 1 spiro atoms. The number of esters is 1. The Hall–Kier alpha value is -3.80. The highest BCUT2D eigenvalue weighted by atomic mass is 79.9. The minimum atomic E-state index is -1.33. The van der Waals surface area contributed by atoms with Gasteiger partial charge >= 0.3 is 5.97 Å². The monoisotopic (exact) mass is 721 g/mol. The molecule has 2 aromatic carbocycles. The molecule has 0 aliphatic carbocycles. The van der Waals surface area contributed by atoms with Gasteiger partial charge in [-0.25, -0.2) is 0 Å². The second-order valence-corrected chi connectivity index (χ2v) is 14.1. The van der Waals surface area contributed by atoms with Crippen LogP contribution >= 0.6 is 15.9 Å². The molecule has 3 fully saturated rings. The quantitative estimate of drug-likeness (QED) is 0.169. The van der Waals surface area contributed by atoms with Crippen molar-refractivity contribution in [2.45, 2.75) is 74.7 Å². The van der Waals surface area contributed by atoms with Gasteiger partial charge in [-0.15, -0.1) is 13.2 Å². The summed E-state index contributed by atoms with van der Waals surface area (Å²) in [6, 6.07) is 12.4. The maximum absolute atomic E-state index is 14.9. The van der Waals surface area contributed by atoms with Crippen LogP contribution in [0.5, 0.6) is 0 Å². The normalized spacial score (nSPS) is 26.8. The van der Waals surface area contributed by atoms with Crippen molar-refractivity contribution in [3.05, 3.63) is 90.5 Å². The van der Waals surface area contributed by atoms with Gasteiger partial charge in [0.25, 0.3) is 5.91 Å². The number of rotatable bonds is 14. The fourth-order valence-electron chi connectivity index (χ4n) is 7.65. The number of ether oxygens (including phenoxy) is 2. The van der Waals surface area contributed by atoms with E-state index in [1.165, 1.54) is 4.90 Å². The predicted octanol–water partition coefficient (Wildman–Crippen LogP) is 4.32. The third-order valence-electron chi connectivity index (χ3n) is 9.77. The number of para-hydroxylation sites is 1. The zero-order chi connectivity index (χ0) is 34.7. The smallest absolute Gasteiger partial charge is 0.306 e. The standard InChI is InChI=1S/C37H44BrN3O7/c1-6-8-17-28(43)47-21-27(25-15-10-9-11-16-25)39-34(44)29-30-35(45)41(24(5)20-42)33(37(30)19-26(38)32(29)48-37)36(46)40(18-7-2)31-22(3)13-12-14-23(31)4/h6-7,9-16,24,26-27,29-30,32-33,42H,1-2,8,17-21H2,3-5H3,(H,39,44)/t24-,26?,27+,29+,30-,32+,33+,37-/m1/s1. The van der Waals surface area contributed by atoms with Crippen molar-refractivity contribution in [3.63, 3.8) is 0 Å². The molecule has 10 nitrogen and oxygen atoms in total. The van der Waals surface area contributed by atoms with Crippen molar-refractivity contribution in [2.24, 2.45) is 11.8 Å². The summed E-state index contributed by atoms with van der Waals surface area (Å²) >= 11 is 3.72. The molecule has 2 bridgehead atoms. The topological polar surface area (TPSA) is 125 Å². The zero-order valence-corrected chi connectivity index (χ0v) is 29.2. The zero-order valence-electron chi connectivity index (χ0n) is 27.6. The third kappa shape index (κ3) is 6.35. The first-order valence-electron chi connectivity index (χ1n) is 16.4. The van der Waals surface area contributed by atoms with E-state index in [-0.39, 0.29) is 36.9 Å². The van der Waals surface area contributed by atoms with Gasteiger partial charge in [0, 0.05) is 23.5 Å². The Bertz CT molecular complexity index is 1550. The van der Waals surface area contributed by atoms with E-state index in [0.29, 0.717) is 12.8 Å². The molecule has 11 heteroatoms. The van der Waals surface area contributed by atoms with Gasteiger partial charge in [0.1, 0.15) is 18.2 Å². The molecule has 3 heterocycles. The van der Waals surface area contributed by atoms with Crippen LogP contribution in [0.1, 0.15) is 48.9 Å². The third-order valence-corrected chi connectivity index (χ3v) is 10.6. The van der Waals surface area contributed by atoms with Gasteiger partial charge in [-0.2, -0.15) is 0 Å². The van der Waals surface area contributed by atoms with Crippen LogP contribution in [0.15, 0.2) is 73.8 Å². The van der Waals surface area contributed by atoms with Gasteiger partial charge in [0.15, 0.2) is 0 Å². The molecule has 3 saturated heterocycles. The Morgan fingerprint density at radius 3 is 2.46 bits per heavy atom. The Labute approximate surface area is 290 Å². The van der Waals surface area contributed by atoms with E-state index in [2.05, 4.69) is 34.4 Å². The highest BCUT2D eigenvalue weighted by molar-refractivity contribution is 9.09. The highest BCUT2D eigenvalue weighted by Gasteiger charge is 2.77. The predicted molar refractivity (Wildman–Crippen MR) is 185 cm³/mol. The van der Waals surface area contributed by atoms with Crippen LogP contribution in [0.25, 0.3) is 0 Å². The molecule has 48 heavy (non-hydrogen) atoms. The Kier molecular flexibility index (Phi) is 10.9. The summed E-state index contributed by atoms with van der Waals surface area (Å²) in [7, 11) is 0. The van der Waals surface area contributed by atoms with Crippen molar-refractivity contribution < 1.29 is 33.8 Å². The fraction of sp³-hybridized carbons (Fsp3) is 0.459. The number of carbonyl (C=O) groups is 4. The number of amides is 3. The molecule has 2 N–H and O–H groups in total. The number of aliphatic hydroxyl groups is 1. The van der Waals surface area contributed by atoms with E-state index in [4.69, 9.17) is 9.47 Å². The molecule has 0 aromatic heterocycles. The van der Waals surface area contributed by atoms with Crippen molar-refractivity contribution in [3.8, 4) is 0 Å². The molecule has 8 atom stereocenters. The molecule has 0 saturated carbocycles. The number of fused-ring (bicyclic) bond motifs is 1. The van der Waals surface area contributed by atoms with Crippen molar-refractivity contribution >= 4 is 45.3 Å². The van der Waals surface area contributed by atoms with E-state index < -0.39 is 59.5 Å². The van der Waals surface area contributed by atoms with Gasteiger partial charge < -0.3 is 29.7 Å². The average Bonchev–Trinajstić information content (AvgIpc) is 3.67. The van der Waals surface area contributed by atoms with Gasteiger partial charge in [0.2, 0.25) is 11.8 Å². The number of anilines is 1. The number of likely N-dealkylation sites (tertiary alicyclic amines) is 1. The summed E-state index contributed by atoms with van der Waals surface area (Å²) < 4.78 is 12.2. The van der Waals surface area contributed by atoms with E-state index >= 15 is 0 Å². The number of carbonyl (C=O) groups excluding carboxylic acids is 4. The van der Waals surface area contributed by atoms with E-state index in [9.17, 15) is 24.3 Å². The Morgan fingerprint density at radius 2 is 1.83 bits per heavy atom. The Morgan fingerprint density at radius 1 is 1.15 bits per heavy atom. The summed E-state index contributed by atoms with van der Waals surface area (Å²) in [6.45, 7) is 12.8. The van der Waals surface area contributed by atoms with Crippen LogP contribution in [-0.4, -0.2) is 82.1 Å². The first-order valence-corrected chi connectivity index (χ1v) is 17.3. The molecule has 3 amide bonds. The SMILES string of the molecule is C=CCCC(=O)OC[C@H](NC(=O)[C@@H]1[C@H]2O[C@@]3(CC2Br)[C@H](C(=O)N(CC=C)c2c(C)cccc2C)N([C@H](C)CO)C(=O)[C@@H]13)c1ccccc1. The number of benzene rings is 2. The fourth-order valence-corrected chi connectivity index (χ4v) is 8.59. The lowest BCUT2D eigenvalue weighted by Crippen LogP contribution is -2.59. The van der Waals surface area contributed by atoms with Crippen LogP contribution in [-0.2, 0) is 28.7 Å². The van der Waals surface area contributed by atoms with Crippen LogP contribution < -0.4 is 10.2 Å². The second-order valence-electron chi connectivity index (χ2n) is 12.9. The van der Waals surface area contributed by atoms with E-state index in [0.717, 1.165) is 22.4 Å². The summed E-state index contributed by atoms with van der Waals surface area (Å²) in [5.41, 5.74) is 1.89. The number of halogens is 1. The number of aliphatic hydroxyl groups excluding tert-OH is 1.